The molecule has 21 heteroatoms. The number of hydrogen-bond donors (Lipinski definition) is 3. The Hall–Kier alpha value is -3.80. The fourth-order valence-corrected chi connectivity index (χ4v) is 11.8. The second-order valence-corrected chi connectivity index (χ2v) is 25.0. The molecule has 15 atom stereocenters. The fraction of sp³-hybridized carbons (Fsp3) is 0.790. The maximum atomic E-state index is 14.7. The number of amides is 1. The van der Waals surface area contributed by atoms with Gasteiger partial charge < -0.3 is 53.4 Å². The van der Waals surface area contributed by atoms with Gasteiger partial charge in [-0.15, -0.1) is 0 Å². The lowest BCUT2D eigenvalue weighted by Crippen LogP contribution is -2.61. The maximum absolute atomic E-state index is 14.7. The Labute approximate surface area is 488 Å². The first-order valence-corrected chi connectivity index (χ1v) is 29.6. The monoisotopic (exact) mass is 1190 g/mol. The van der Waals surface area contributed by atoms with E-state index in [9.17, 15) is 61.2 Å². The Morgan fingerprint density at radius 2 is 1.52 bits per heavy atom. The van der Waals surface area contributed by atoms with Crippen LogP contribution >= 0.6 is 0 Å². The molecule has 0 aromatic rings. The van der Waals surface area contributed by atoms with E-state index in [0.29, 0.717) is 69.9 Å². The number of piperidine rings is 1. The molecule has 3 N–H and O–H groups in total. The van der Waals surface area contributed by atoms with E-state index in [2.05, 4.69) is 0 Å². The fourth-order valence-electron chi connectivity index (χ4n) is 11.8. The number of hydrogen-bond acceptors (Lipinski definition) is 15. The number of methoxy groups -OCH3 is 2. The molecular weight excluding hydrogens is 1090 g/mol. The second-order valence-electron chi connectivity index (χ2n) is 25.0. The van der Waals surface area contributed by atoms with E-state index in [-0.39, 0.29) is 87.5 Å². The van der Waals surface area contributed by atoms with E-state index in [1.54, 1.807) is 86.0 Å². The zero-order valence-electron chi connectivity index (χ0n) is 51.1. The van der Waals surface area contributed by atoms with Gasteiger partial charge >= 0.3 is 18.1 Å². The van der Waals surface area contributed by atoms with Crippen LogP contribution in [-0.4, -0.2) is 168 Å². The summed E-state index contributed by atoms with van der Waals surface area (Å²) in [6.45, 7) is 16.1. The summed E-state index contributed by atoms with van der Waals surface area (Å²) >= 11 is 0. The number of aliphatic hydroxyl groups is 3. The van der Waals surface area contributed by atoms with Gasteiger partial charge in [0.05, 0.1) is 49.8 Å². The molecule has 3 aliphatic heterocycles. The summed E-state index contributed by atoms with van der Waals surface area (Å²) in [4.78, 5) is 73.2. The van der Waals surface area contributed by atoms with Crippen molar-refractivity contribution in [2.24, 2.45) is 35.5 Å². The number of nitrogens with zero attached hydrogens (tertiary/aromatic N) is 1. The number of carbonyl (C=O) groups is 5. The van der Waals surface area contributed by atoms with Gasteiger partial charge in [0.15, 0.2) is 5.78 Å². The summed E-state index contributed by atoms with van der Waals surface area (Å²) in [7, 11) is 2.92. The number of alkyl halides is 5. The number of esters is 1. The highest BCUT2D eigenvalue weighted by molar-refractivity contribution is 6.39. The molecule has 1 amide bonds. The van der Waals surface area contributed by atoms with Gasteiger partial charge in [0.2, 0.25) is 5.79 Å². The van der Waals surface area contributed by atoms with E-state index in [1.165, 1.54) is 7.11 Å². The lowest BCUT2D eigenvalue weighted by molar-refractivity contribution is -0.342. The molecule has 83 heavy (non-hydrogen) atoms. The topological polar surface area (TPSA) is 214 Å². The third-order valence-corrected chi connectivity index (χ3v) is 17.3. The quantitative estimate of drug-likeness (QED) is 0.0602. The molecule has 0 aromatic heterocycles. The number of ether oxygens (including phenoxy) is 7. The molecule has 3 unspecified atom stereocenters. The first-order chi connectivity index (χ1) is 38.6. The summed E-state index contributed by atoms with van der Waals surface area (Å²) in [5.74, 6) is -14.6. The Morgan fingerprint density at radius 3 is 2.16 bits per heavy atom. The lowest BCUT2D eigenvalue weighted by atomic mass is 9.78. The van der Waals surface area contributed by atoms with Gasteiger partial charge in [-0.1, -0.05) is 71.1 Å². The Kier molecular flexibility index (Phi) is 27.0. The number of Topliss-reactive ketones (excluding diaryl/α,β-unsaturated/α-hetero) is 3. The highest BCUT2D eigenvalue weighted by atomic mass is 19.4. The third-order valence-electron chi connectivity index (χ3n) is 17.3. The van der Waals surface area contributed by atoms with Crippen LogP contribution in [-0.2, 0) is 57.1 Å². The van der Waals surface area contributed by atoms with Gasteiger partial charge in [-0.05, 0) is 141 Å². The minimum absolute atomic E-state index is 0.0137. The van der Waals surface area contributed by atoms with Crippen LogP contribution in [0.15, 0.2) is 47.6 Å². The van der Waals surface area contributed by atoms with Crippen molar-refractivity contribution in [2.45, 2.75) is 237 Å². The van der Waals surface area contributed by atoms with Crippen molar-refractivity contribution < 1.29 is 94.4 Å². The van der Waals surface area contributed by atoms with E-state index in [4.69, 9.17) is 33.2 Å². The van der Waals surface area contributed by atoms with Crippen molar-refractivity contribution in [2.75, 3.05) is 40.6 Å². The largest absolute Gasteiger partial charge is 0.460 e. The zero-order chi connectivity index (χ0) is 62.4. The first-order valence-electron chi connectivity index (χ1n) is 29.6. The first kappa shape index (κ1) is 71.7. The smallest absolute Gasteiger partial charge is 0.456 e. The molecule has 3 fully saturated rings. The summed E-state index contributed by atoms with van der Waals surface area (Å²) in [5.41, 5.74) is -3.23. The third kappa shape index (κ3) is 19.3. The van der Waals surface area contributed by atoms with E-state index in [1.807, 2.05) is 19.9 Å². The maximum Gasteiger partial charge on any atom is 0.456 e. The summed E-state index contributed by atoms with van der Waals surface area (Å²) in [6.07, 6.45) is 2.61. The number of ketones is 3. The highest BCUT2D eigenvalue weighted by Gasteiger charge is 2.67. The van der Waals surface area contributed by atoms with E-state index < -0.39 is 114 Å². The SMILES string of the molecule is CO[C@@H]1CC(C[C@@H](C)C2CC(=O)[C@H](C)/C=C(\C)[C@@H](O)[C@@H](OC)C(=O)[C@H](C)C[C@H](C)/C=C/C=C/C=C(\C)C(OC(C)(C)CCOC(C)(C)C(F)(F)C(F)(F)F)C[C@@H]3CC[C@@H](C)[C@@](O)(O3)C(=O)C(=O)N3CCCC[C@H]3C(=O)O2)CC[C@H]1OCCO. The normalized spacial score (nSPS) is 35.1. The number of cyclic esters (lactones) is 1. The molecule has 1 saturated carbocycles. The molecule has 2 bridgehead atoms. The number of rotatable bonds is 15. The van der Waals surface area contributed by atoms with Crippen LogP contribution in [0.4, 0.5) is 22.0 Å². The molecule has 1 aliphatic carbocycles. The van der Waals surface area contributed by atoms with Gasteiger partial charge in [-0.3, -0.25) is 19.2 Å². The Morgan fingerprint density at radius 1 is 0.831 bits per heavy atom. The van der Waals surface area contributed by atoms with Crippen LogP contribution < -0.4 is 0 Å². The van der Waals surface area contributed by atoms with Gasteiger partial charge in [0, 0.05) is 51.4 Å². The average molecular weight is 1190 g/mol. The van der Waals surface area contributed by atoms with Crippen molar-refractivity contribution >= 4 is 29.2 Å². The van der Waals surface area contributed by atoms with Crippen molar-refractivity contribution in [3.8, 4) is 0 Å². The molecule has 0 spiro atoms. The van der Waals surface area contributed by atoms with Gasteiger partial charge in [0.25, 0.3) is 11.7 Å². The minimum atomic E-state index is -5.86. The van der Waals surface area contributed by atoms with Crippen LogP contribution in [0, 0.1) is 35.5 Å². The minimum Gasteiger partial charge on any atom is -0.460 e. The molecule has 4 rings (SSSR count). The molecule has 474 valence electrons. The van der Waals surface area contributed by atoms with Crippen LogP contribution in [0.5, 0.6) is 0 Å². The number of allylic oxidation sites excluding steroid dienone is 6. The summed E-state index contributed by atoms with van der Waals surface area (Å²) in [5, 5.41) is 33.3. The van der Waals surface area contributed by atoms with Crippen molar-refractivity contribution in [3.63, 3.8) is 0 Å². The van der Waals surface area contributed by atoms with Crippen LogP contribution in [0.3, 0.4) is 0 Å². The van der Waals surface area contributed by atoms with Crippen molar-refractivity contribution in [1.82, 2.24) is 4.90 Å². The number of halogens is 5. The van der Waals surface area contributed by atoms with Crippen molar-refractivity contribution in [1.29, 1.82) is 0 Å². The number of carbonyl (C=O) groups excluding carboxylic acids is 5. The molecule has 4 aliphatic rings. The molecule has 0 aromatic carbocycles. The van der Waals surface area contributed by atoms with Crippen molar-refractivity contribution in [3.05, 3.63) is 47.6 Å². The Balaban J connectivity index is 1.74. The molecule has 0 radical (unpaired) electrons. The van der Waals surface area contributed by atoms with Crippen LogP contribution in [0.1, 0.15) is 160 Å². The Bertz CT molecular complexity index is 2280. The van der Waals surface area contributed by atoms with Gasteiger partial charge in [-0.25, -0.2) is 4.79 Å². The number of fused-ring (bicyclic) bond motifs is 3. The molecule has 16 nitrogen and oxygen atoms in total. The predicted octanol–water partition coefficient (Wildman–Crippen LogP) is 9.73. The molecule has 3 heterocycles. The second kappa shape index (κ2) is 31.2. The molecule has 2 saturated heterocycles. The summed E-state index contributed by atoms with van der Waals surface area (Å²) < 4.78 is 111. The van der Waals surface area contributed by atoms with E-state index in [0.717, 1.165) is 11.3 Å². The average Bonchev–Trinajstić information content (AvgIpc) is 2.75. The number of aliphatic hydroxyl groups excluding tert-OH is 2. The van der Waals surface area contributed by atoms with Gasteiger partial charge in [-0.2, -0.15) is 22.0 Å². The van der Waals surface area contributed by atoms with E-state index >= 15 is 0 Å². The van der Waals surface area contributed by atoms with Gasteiger partial charge in [0.1, 0.15) is 35.7 Å². The molecular formula is C62H96F5NO15. The standard InChI is InChI=1S/C62H96F5NO15/c1-37-19-15-14-16-20-38(2)50(83-58(8,9)26-29-80-59(10,11)61(63,64)62(65,66)67)35-45-24-22-43(7)60(76,82-45)55(73)56(74)68-27-18-17-21-46(68)57(75)81-49(40(4)33-44-23-25-48(79-30-28-69)51(34-44)77-12)36-47(70)39(3)32-42(6)53(72)54(78-13)52(71)41(5)31-37/h14-16,19-20,32,37,39-41,43-46,48-51,53-54,69,72,76H,17-18,21-31,33-36H2,1-13H3/b16-14+,19-15+,38-20+,42-32+/t37-,39-,40-,41-,43-,44?,45+,46+,48-,49?,50?,51-,53-,54+,60-/m1/s1. The predicted molar refractivity (Wildman–Crippen MR) is 300 cm³/mol. The lowest BCUT2D eigenvalue weighted by Gasteiger charge is -2.43. The highest BCUT2D eigenvalue weighted by Crippen LogP contribution is 2.46. The zero-order valence-corrected chi connectivity index (χ0v) is 51.1. The van der Waals surface area contributed by atoms with Crippen LogP contribution in [0.2, 0.25) is 0 Å². The summed E-state index contributed by atoms with van der Waals surface area (Å²) in [6, 6.07) is -1.27. The van der Waals surface area contributed by atoms with Crippen LogP contribution in [0.25, 0.3) is 0 Å².